The molecule has 7 nitrogen and oxygen atoms in total. The Morgan fingerprint density at radius 1 is 1.30 bits per heavy atom. The van der Waals surface area contributed by atoms with Crippen LogP contribution in [0.2, 0.25) is 0 Å². The molecule has 0 aliphatic rings. The minimum Gasteiger partial charge on any atom is -0.354 e. The molecule has 144 valence electrons. The molecule has 3 aromatic rings. The van der Waals surface area contributed by atoms with Crippen molar-refractivity contribution in [3.8, 4) is 0 Å². The number of aromatic nitrogens is 4. The third-order valence-electron chi connectivity index (χ3n) is 3.88. The van der Waals surface area contributed by atoms with E-state index in [1.807, 2.05) is 0 Å². The van der Waals surface area contributed by atoms with Crippen molar-refractivity contribution in [2.24, 2.45) is 5.73 Å². The molecule has 0 radical (unpaired) electrons. The highest BCUT2D eigenvalue weighted by Crippen LogP contribution is 2.30. The molecular formula is C16H16F4N6O. The van der Waals surface area contributed by atoms with Crippen LogP contribution in [0.25, 0.3) is 11.2 Å². The van der Waals surface area contributed by atoms with Gasteiger partial charge in [-0.3, -0.25) is 4.57 Å². The maximum Gasteiger partial charge on any atom is 0.416 e. The molecule has 27 heavy (non-hydrogen) atoms. The van der Waals surface area contributed by atoms with Gasteiger partial charge >= 0.3 is 11.9 Å². The van der Waals surface area contributed by atoms with E-state index < -0.39 is 29.8 Å². The average molecular weight is 384 g/mol. The normalized spacial score (nSPS) is 11.9. The number of fused-ring (bicyclic) bond motifs is 1. The lowest BCUT2D eigenvalue weighted by molar-refractivity contribution is -0.137. The highest BCUT2D eigenvalue weighted by molar-refractivity contribution is 5.71. The molecule has 0 saturated heterocycles. The number of nitrogens with zero attached hydrogens (tertiary/aromatic N) is 3. The molecule has 3 rings (SSSR count). The number of benzene rings is 1. The topological polar surface area (TPSA) is 102 Å². The molecule has 0 atom stereocenters. The predicted molar refractivity (Wildman–Crippen MR) is 90.8 cm³/mol. The molecule has 0 amide bonds. The molecule has 0 saturated carbocycles. The van der Waals surface area contributed by atoms with Gasteiger partial charge in [0.2, 0.25) is 5.95 Å². The predicted octanol–water partition coefficient (Wildman–Crippen LogP) is 2.09. The Labute approximate surface area is 150 Å². The van der Waals surface area contributed by atoms with E-state index in [1.54, 1.807) is 0 Å². The van der Waals surface area contributed by atoms with Crippen LogP contribution in [0.5, 0.6) is 0 Å². The van der Waals surface area contributed by atoms with Gasteiger partial charge in [-0.2, -0.15) is 18.2 Å². The first-order valence-electron chi connectivity index (χ1n) is 8.04. The number of H-pyrrole nitrogens is 1. The zero-order chi connectivity index (χ0) is 19.6. The van der Waals surface area contributed by atoms with Gasteiger partial charge in [0, 0.05) is 12.1 Å². The molecule has 2 aromatic heterocycles. The molecule has 0 fully saturated rings. The lowest BCUT2D eigenvalue weighted by Gasteiger charge is -2.10. The van der Waals surface area contributed by atoms with E-state index in [0.717, 1.165) is 10.6 Å². The van der Waals surface area contributed by atoms with Crippen LogP contribution in [0.4, 0.5) is 23.5 Å². The summed E-state index contributed by atoms with van der Waals surface area (Å²) in [6, 6.07) is 2.06. The number of hydrogen-bond donors (Lipinski definition) is 3. The Morgan fingerprint density at radius 2 is 2.07 bits per heavy atom. The Hall–Kier alpha value is -2.95. The van der Waals surface area contributed by atoms with Crippen LogP contribution in [0.3, 0.4) is 0 Å². The first-order valence-corrected chi connectivity index (χ1v) is 8.04. The van der Waals surface area contributed by atoms with Gasteiger partial charge in [0.25, 0.3) is 0 Å². The summed E-state index contributed by atoms with van der Waals surface area (Å²) < 4.78 is 53.7. The Bertz CT molecular complexity index is 1010. The molecule has 0 bridgehead atoms. The van der Waals surface area contributed by atoms with Gasteiger partial charge in [0.05, 0.1) is 18.3 Å². The number of rotatable bonds is 6. The minimum absolute atomic E-state index is 0.155. The third-order valence-corrected chi connectivity index (χ3v) is 3.88. The lowest BCUT2D eigenvalue weighted by Crippen LogP contribution is -2.19. The standard InChI is InChI=1S/C16H16F4N6O/c17-11-3-2-10(16(18,19)20)6-9(11)8-26-13-12(24-15(26)27)7-23-14(25-13)22-5-1-4-21/h2-3,6-7H,1,4-5,8,21H2,(H,24,27)(H,22,23,25). The van der Waals surface area contributed by atoms with Gasteiger partial charge in [-0.05, 0) is 31.2 Å². The largest absolute Gasteiger partial charge is 0.416 e. The summed E-state index contributed by atoms with van der Waals surface area (Å²) in [5, 5.41) is 2.92. The Kier molecular flexibility index (Phi) is 5.13. The number of aromatic amines is 1. The maximum absolute atomic E-state index is 14.0. The molecule has 0 unspecified atom stereocenters. The van der Waals surface area contributed by atoms with Crippen molar-refractivity contribution in [1.29, 1.82) is 0 Å². The molecule has 4 N–H and O–H groups in total. The highest BCUT2D eigenvalue weighted by atomic mass is 19.4. The van der Waals surface area contributed by atoms with E-state index in [-0.39, 0.29) is 22.7 Å². The number of halogens is 4. The lowest BCUT2D eigenvalue weighted by atomic mass is 10.1. The van der Waals surface area contributed by atoms with Gasteiger partial charge in [-0.25, -0.2) is 14.2 Å². The Balaban J connectivity index is 1.98. The summed E-state index contributed by atoms with van der Waals surface area (Å²) in [7, 11) is 0. The quantitative estimate of drug-likeness (QED) is 0.446. The van der Waals surface area contributed by atoms with Crippen molar-refractivity contribution in [3.05, 3.63) is 51.8 Å². The van der Waals surface area contributed by atoms with Gasteiger partial charge < -0.3 is 16.0 Å². The van der Waals surface area contributed by atoms with Crippen LogP contribution in [-0.2, 0) is 12.7 Å². The van der Waals surface area contributed by atoms with Crippen molar-refractivity contribution in [3.63, 3.8) is 0 Å². The molecule has 0 spiro atoms. The van der Waals surface area contributed by atoms with Gasteiger partial charge in [-0.1, -0.05) is 0 Å². The van der Waals surface area contributed by atoms with E-state index in [4.69, 9.17) is 5.73 Å². The van der Waals surface area contributed by atoms with Gasteiger partial charge in [0.15, 0.2) is 5.65 Å². The fourth-order valence-electron chi connectivity index (χ4n) is 2.52. The summed E-state index contributed by atoms with van der Waals surface area (Å²) in [5.41, 5.74) is 3.95. The second kappa shape index (κ2) is 7.35. The van der Waals surface area contributed by atoms with Crippen LogP contribution in [0.1, 0.15) is 17.5 Å². The van der Waals surface area contributed by atoms with Crippen molar-refractivity contribution in [1.82, 2.24) is 19.5 Å². The molecule has 0 aliphatic heterocycles. The number of hydrogen-bond acceptors (Lipinski definition) is 5. The van der Waals surface area contributed by atoms with E-state index >= 15 is 0 Å². The zero-order valence-electron chi connectivity index (χ0n) is 14.0. The number of nitrogens with one attached hydrogen (secondary N) is 2. The number of anilines is 1. The van der Waals surface area contributed by atoms with Crippen LogP contribution >= 0.6 is 0 Å². The van der Waals surface area contributed by atoms with Crippen LogP contribution < -0.4 is 16.7 Å². The first kappa shape index (κ1) is 18.8. The number of nitrogens with two attached hydrogens (primary N) is 1. The van der Waals surface area contributed by atoms with E-state index in [2.05, 4.69) is 20.3 Å². The van der Waals surface area contributed by atoms with Crippen LogP contribution in [0, 0.1) is 5.82 Å². The summed E-state index contributed by atoms with van der Waals surface area (Å²) in [4.78, 5) is 22.9. The first-order chi connectivity index (χ1) is 12.8. The van der Waals surface area contributed by atoms with Gasteiger partial charge in [0.1, 0.15) is 11.3 Å². The summed E-state index contributed by atoms with van der Waals surface area (Å²) in [5.74, 6) is -0.618. The highest BCUT2D eigenvalue weighted by Gasteiger charge is 2.31. The van der Waals surface area contributed by atoms with Crippen molar-refractivity contribution in [2.75, 3.05) is 18.4 Å². The SMILES string of the molecule is NCCCNc1ncc2[nH]c(=O)n(Cc3cc(C(F)(F)F)ccc3F)c2n1. The minimum atomic E-state index is -4.62. The number of imidazole rings is 1. The second-order valence-electron chi connectivity index (χ2n) is 5.82. The smallest absolute Gasteiger partial charge is 0.354 e. The fourth-order valence-corrected chi connectivity index (χ4v) is 2.52. The summed E-state index contributed by atoms with van der Waals surface area (Å²) >= 11 is 0. The molecule has 1 aromatic carbocycles. The zero-order valence-corrected chi connectivity index (χ0v) is 14.0. The molecular weight excluding hydrogens is 368 g/mol. The van der Waals surface area contributed by atoms with Crippen molar-refractivity contribution < 1.29 is 17.6 Å². The van der Waals surface area contributed by atoms with Crippen molar-refractivity contribution >= 4 is 17.1 Å². The monoisotopic (exact) mass is 384 g/mol. The van der Waals surface area contributed by atoms with Crippen LogP contribution in [0.15, 0.2) is 29.2 Å². The second-order valence-corrected chi connectivity index (χ2v) is 5.82. The van der Waals surface area contributed by atoms with Crippen LogP contribution in [-0.4, -0.2) is 32.6 Å². The average Bonchev–Trinajstić information content (AvgIpc) is 2.91. The molecule has 11 heteroatoms. The third kappa shape index (κ3) is 4.08. The van der Waals surface area contributed by atoms with Crippen molar-refractivity contribution in [2.45, 2.75) is 19.1 Å². The van der Waals surface area contributed by atoms with Gasteiger partial charge in [-0.15, -0.1) is 0 Å². The van der Waals surface area contributed by atoms with E-state index in [9.17, 15) is 22.4 Å². The Morgan fingerprint density at radius 3 is 2.78 bits per heavy atom. The van der Waals surface area contributed by atoms with E-state index in [0.29, 0.717) is 31.6 Å². The van der Waals surface area contributed by atoms with E-state index in [1.165, 1.54) is 6.20 Å². The number of alkyl halides is 3. The summed E-state index contributed by atoms with van der Waals surface area (Å²) in [6.07, 6.45) is -2.57. The molecule has 2 heterocycles. The summed E-state index contributed by atoms with van der Waals surface area (Å²) in [6.45, 7) is 0.575. The fraction of sp³-hybridized carbons (Fsp3) is 0.312. The maximum atomic E-state index is 14.0. The molecule has 0 aliphatic carbocycles.